The lowest BCUT2D eigenvalue weighted by Gasteiger charge is -2.42. The highest BCUT2D eigenvalue weighted by molar-refractivity contribution is 5.75. The zero-order valence-electron chi connectivity index (χ0n) is 11.5. The van der Waals surface area contributed by atoms with Gasteiger partial charge in [-0.2, -0.15) is 0 Å². The molecule has 1 unspecified atom stereocenters. The Morgan fingerprint density at radius 1 is 1.41 bits per heavy atom. The average Bonchev–Trinajstić information content (AvgIpc) is 2.22. The van der Waals surface area contributed by atoms with Gasteiger partial charge < -0.3 is 10.0 Å². The zero-order valence-corrected chi connectivity index (χ0v) is 11.5. The molecular formula is C14H27NO2. The maximum absolute atomic E-state index is 10.8. The second kappa shape index (κ2) is 6.50. The first kappa shape index (κ1) is 14.7. The van der Waals surface area contributed by atoms with Gasteiger partial charge in [0.05, 0.1) is 6.10 Å². The Labute approximate surface area is 105 Å². The average molecular weight is 241 g/mol. The summed E-state index contributed by atoms with van der Waals surface area (Å²) in [6.07, 6.45) is 6.02. The molecule has 1 fully saturated rings. The van der Waals surface area contributed by atoms with Gasteiger partial charge in [-0.05, 0) is 51.6 Å². The van der Waals surface area contributed by atoms with Crippen LogP contribution in [0, 0.1) is 5.41 Å². The van der Waals surface area contributed by atoms with Crippen molar-refractivity contribution < 1.29 is 9.90 Å². The predicted octanol–water partition coefficient (Wildman–Crippen LogP) is 2.23. The van der Waals surface area contributed by atoms with Gasteiger partial charge in [0.1, 0.15) is 5.78 Å². The van der Waals surface area contributed by atoms with Gasteiger partial charge in [0.2, 0.25) is 0 Å². The van der Waals surface area contributed by atoms with E-state index in [2.05, 4.69) is 11.8 Å². The number of aliphatic hydroxyl groups is 1. The van der Waals surface area contributed by atoms with Crippen LogP contribution in [-0.4, -0.2) is 42.0 Å². The molecule has 0 spiro atoms. The van der Waals surface area contributed by atoms with Crippen LogP contribution in [0.3, 0.4) is 0 Å². The third-order valence-electron chi connectivity index (χ3n) is 4.16. The summed E-state index contributed by atoms with van der Waals surface area (Å²) < 4.78 is 0. The number of hydrogen-bond donors (Lipinski definition) is 1. The zero-order chi connectivity index (χ0) is 12.9. The number of nitrogens with zero attached hydrogens (tertiary/aromatic N) is 1. The van der Waals surface area contributed by atoms with Crippen LogP contribution in [0.4, 0.5) is 0 Å². The van der Waals surface area contributed by atoms with E-state index < -0.39 is 0 Å². The summed E-state index contributed by atoms with van der Waals surface area (Å²) in [6, 6.07) is 0. The molecule has 0 amide bonds. The number of carbonyl (C=O) groups excluding carboxylic acids is 1. The lowest BCUT2D eigenvalue weighted by Crippen LogP contribution is -2.38. The van der Waals surface area contributed by atoms with Crippen LogP contribution < -0.4 is 0 Å². The molecule has 3 heteroatoms. The first-order valence-corrected chi connectivity index (χ1v) is 6.80. The minimum atomic E-state index is -0.141. The summed E-state index contributed by atoms with van der Waals surface area (Å²) in [4.78, 5) is 13.0. The molecule has 1 aliphatic carbocycles. The molecule has 0 heterocycles. The van der Waals surface area contributed by atoms with Crippen molar-refractivity contribution in [2.45, 2.75) is 58.5 Å². The van der Waals surface area contributed by atoms with Gasteiger partial charge in [0, 0.05) is 13.0 Å². The van der Waals surface area contributed by atoms with Crippen molar-refractivity contribution in [1.29, 1.82) is 0 Å². The third kappa shape index (κ3) is 4.76. The minimum absolute atomic E-state index is 0.141. The largest absolute Gasteiger partial charge is 0.393 e. The molecule has 1 saturated carbocycles. The fourth-order valence-corrected chi connectivity index (χ4v) is 2.43. The topological polar surface area (TPSA) is 40.5 Å². The number of aliphatic hydroxyl groups excluding tert-OH is 1. The van der Waals surface area contributed by atoms with Crippen LogP contribution in [0.15, 0.2) is 0 Å². The lowest BCUT2D eigenvalue weighted by molar-refractivity contribution is -0.117. The molecule has 1 N–H and O–H groups in total. The fourth-order valence-electron chi connectivity index (χ4n) is 2.43. The maximum Gasteiger partial charge on any atom is 0.131 e. The number of ketones is 1. The Balaban J connectivity index is 2.08. The van der Waals surface area contributed by atoms with Gasteiger partial charge >= 0.3 is 0 Å². The van der Waals surface area contributed by atoms with E-state index in [1.165, 1.54) is 19.3 Å². The molecule has 17 heavy (non-hydrogen) atoms. The SMILES string of the molecule is CC(=O)CCN(C)CCCC(O)C1(C)CCC1. The monoisotopic (exact) mass is 241 g/mol. The standard InChI is InChI=1S/C14H27NO2/c1-12(16)7-11-15(3)10-4-6-13(17)14(2)8-5-9-14/h13,17H,4-11H2,1-3H3. The Hall–Kier alpha value is -0.410. The van der Waals surface area contributed by atoms with E-state index in [0.717, 1.165) is 25.9 Å². The molecule has 100 valence electrons. The van der Waals surface area contributed by atoms with Gasteiger partial charge in [-0.15, -0.1) is 0 Å². The summed E-state index contributed by atoms with van der Waals surface area (Å²) >= 11 is 0. The van der Waals surface area contributed by atoms with E-state index in [1.54, 1.807) is 6.92 Å². The fraction of sp³-hybridized carbons (Fsp3) is 0.929. The van der Waals surface area contributed by atoms with Crippen LogP contribution in [0.2, 0.25) is 0 Å². The van der Waals surface area contributed by atoms with Crippen molar-refractivity contribution in [2.24, 2.45) is 5.41 Å². The smallest absolute Gasteiger partial charge is 0.131 e. The van der Waals surface area contributed by atoms with Crippen molar-refractivity contribution in [3.63, 3.8) is 0 Å². The minimum Gasteiger partial charge on any atom is -0.393 e. The van der Waals surface area contributed by atoms with Crippen molar-refractivity contribution in [1.82, 2.24) is 4.90 Å². The first-order valence-electron chi connectivity index (χ1n) is 6.80. The molecule has 0 aliphatic heterocycles. The van der Waals surface area contributed by atoms with E-state index in [1.807, 2.05) is 7.05 Å². The van der Waals surface area contributed by atoms with E-state index in [0.29, 0.717) is 6.42 Å². The summed E-state index contributed by atoms with van der Waals surface area (Å²) in [7, 11) is 2.04. The van der Waals surface area contributed by atoms with Gasteiger partial charge in [0.25, 0.3) is 0 Å². The molecule has 1 atom stereocenters. The Bertz CT molecular complexity index is 249. The molecule has 0 aromatic rings. The van der Waals surface area contributed by atoms with Gasteiger partial charge in [0.15, 0.2) is 0 Å². The van der Waals surface area contributed by atoms with Crippen molar-refractivity contribution >= 4 is 5.78 Å². The van der Waals surface area contributed by atoms with Crippen LogP contribution in [-0.2, 0) is 4.79 Å². The summed E-state index contributed by atoms with van der Waals surface area (Å²) in [5, 5.41) is 10.1. The van der Waals surface area contributed by atoms with Crippen molar-refractivity contribution in [2.75, 3.05) is 20.1 Å². The predicted molar refractivity (Wildman–Crippen MR) is 70.0 cm³/mol. The molecule has 0 aromatic heterocycles. The number of Topliss-reactive ketones (excluding diaryl/α,β-unsaturated/α-hetero) is 1. The molecule has 1 aliphatic rings. The molecular weight excluding hydrogens is 214 g/mol. The van der Waals surface area contributed by atoms with Crippen LogP contribution >= 0.6 is 0 Å². The Morgan fingerprint density at radius 3 is 2.53 bits per heavy atom. The number of carbonyl (C=O) groups is 1. The van der Waals surface area contributed by atoms with Crippen LogP contribution in [0.25, 0.3) is 0 Å². The van der Waals surface area contributed by atoms with Gasteiger partial charge in [-0.3, -0.25) is 4.79 Å². The van der Waals surface area contributed by atoms with E-state index in [4.69, 9.17) is 0 Å². The normalized spacial score (nSPS) is 20.1. The summed E-state index contributed by atoms with van der Waals surface area (Å²) in [5.41, 5.74) is 0.192. The van der Waals surface area contributed by atoms with Crippen molar-refractivity contribution in [3.8, 4) is 0 Å². The highest BCUT2D eigenvalue weighted by atomic mass is 16.3. The molecule has 3 nitrogen and oxygen atoms in total. The molecule has 0 radical (unpaired) electrons. The Kier molecular flexibility index (Phi) is 5.60. The van der Waals surface area contributed by atoms with Crippen LogP contribution in [0.5, 0.6) is 0 Å². The second-order valence-corrected chi connectivity index (χ2v) is 5.92. The van der Waals surface area contributed by atoms with E-state index >= 15 is 0 Å². The van der Waals surface area contributed by atoms with Crippen LogP contribution in [0.1, 0.15) is 52.4 Å². The maximum atomic E-state index is 10.8. The number of rotatable bonds is 8. The second-order valence-electron chi connectivity index (χ2n) is 5.92. The van der Waals surface area contributed by atoms with E-state index in [-0.39, 0.29) is 17.3 Å². The van der Waals surface area contributed by atoms with Gasteiger partial charge in [-0.1, -0.05) is 13.3 Å². The lowest BCUT2D eigenvalue weighted by atomic mass is 9.66. The first-order chi connectivity index (χ1) is 7.94. The number of hydrogen-bond acceptors (Lipinski definition) is 3. The highest BCUT2D eigenvalue weighted by Gasteiger charge is 2.38. The quantitative estimate of drug-likeness (QED) is 0.708. The molecule has 1 rings (SSSR count). The third-order valence-corrected chi connectivity index (χ3v) is 4.16. The highest BCUT2D eigenvalue weighted by Crippen LogP contribution is 2.44. The summed E-state index contributed by atoms with van der Waals surface area (Å²) in [5.74, 6) is 0.249. The Morgan fingerprint density at radius 2 is 2.06 bits per heavy atom. The summed E-state index contributed by atoms with van der Waals surface area (Å²) in [6.45, 7) is 5.64. The van der Waals surface area contributed by atoms with Gasteiger partial charge in [-0.25, -0.2) is 0 Å². The van der Waals surface area contributed by atoms with Crippen molar-refractivity contribution in [3.05, 3.63) is 0 Å². The molecule has 0 bridgehead atoms. The van der Waals surface area contributed by atoms with E-state index in [9.17, 15) is 9.90 Å². The molecule has 0 saturated heterocycles. The molecule has 0 aromatic carbocycles.